The van der Waals surface area contributed by atoms with Crippen LogP contribution in [-0.2, 0) is 17.6 Å². The molecule has 1 aliphatic rings. The number of nitriles is 1. The van der Waals surface area contributed by atoms with Crippen LogP contribution in [0.15, 0.2) is 77.7 Å². The quantitative estimate of drug-likeness (QED) is 0.197. The Bertz CT molecular complexity index is 1640. The summed E-state index contributed by atoms with van der Waals surface area (Å²) in [5, 5.41) is 16.1. The number of nitrogens with zero attached hydrogens (tertiary/aromatic N) is 1. The van der Waals surface area contributed by atoms with Crippen molar-refractivity contribution in [1.82, 2.24) is 0 Å². The summed E-state index contributed by atoms with van der Waals surface area (Å²) in [6.45, 7) is 1.83. The lowest BCUT2D eigenvalue weighted by Gasteiger charge is -2.22. The van der Waals surface area contributed by atoms with E-state index in [2.05, 4.69) is 41.0 Å². The van der Waals surface area contributed by atoms with Gasteiger partial charge in [0.15, 0.2) is 11.5 Å². The van der Waals surface area contributed by atoms with Crippen molar-refractivity contribution in [2.75, 3.05) is 24.9 Å². The molecule has 3 aromatic carbocycles. The standard InChI is InChI=1S/C33H31N3O4S2/c1-20(41-25-11-7-10-24(18-25)35-32(38)23-13-15-28(39-2)29(16-23)40-3)31(37)36-33-27(19-34)26-14-12-22(17-30(26)42-33)21-8-5-4-6-9-21/h4-11,13,15-16,18,20,22H,12,14,17H2,1-3H3,(H,35,38)(H,36,37). The normalized spacial score (nSPS) is 14.7. The number of carbonyl (C=O) groups excluding carboxylic acids is 2. The molecule has 0 spiro atoms. The number of anilines is 2. The minimum atomic E-state index is -0.426. The van der Waals surface area contributed by atoms with Crippen LogP contribution in [0.3, 0.4) is 0 Å². The summed E-state index contributed by atoms with van der Waals surface area (Å²) in [7, 11) is 3.06. The van der Waals surface area contributed by atoms with Crippen LogP contribution < -0.4 is 20.1 Å². The number of ether oxygens (including phenoxy) is 2. The number of benzene rings is 3. The molecule has 9 heteroatoms. The van der Waals surface area contributed by atoms with Gasteiger partial charge in [-0.15, -0.1) is 23.1 Å². The predicted octanol–water partition coefficient (Wildman–Crippen LogP) is 7.28. The van der Waals surface area contributed by atoms with Crippen LogP contribution >= 0.6 is 23.1 Å². The zero-order valence-corrected chi connectivity index (χ0v) is 25.2. The first kappa shape index (κ1) is 29.2. The highest BCUT2D eigenvalue weighted by Gasteiger charge is 2.28. The molecule has 1 aliphatic carbocycles. The smallest absolute Gasteiger partial charge is 0.255 e. The van der Waals surface area contributed by atoms with Crippen molar-refractivity contribution in [2.45, 2.75) is 42.2 Å². The minimum Gasteiger partial charge on any atom is -0.493 e. The van der Waals surface area contributed by atoms with E-state index in [1.54, 1.807) is 31.4 Å². The average molecular weight is 598 g/mol. The van der Waals surface area contributed by atoms with Crippen molar-refractivity contribution in [1.29, 1.82) is 5.26 Å². The molecule has 0 fully saturated rings. The summed E-state index contributed by atoms with van der Waals surface area (Å²) in [4.78, 5) is 28.1. The summed E-state index contributed by atoms with van der Waals surface area (Å²) in [5.74, 6) is 0.970. The Morgan fingerprint density at radius 2 is 1.79 bits per heavy atom. The molecule has 1 heterocycles. The van der Waals surface area contributed by atoms with E-state index in [1.165, 1.54) is 40.6 Å². The Kier molecular flexibility index (Phi) is 9.15. The van der Waals surface area contributed by atoms with Crippen LogP contribution in [0, 0.1) is 11.3 Å². The molecule has 1 aromatic heterocycles. The van der Waals surface area contributed by atoms with E-state index in [0.717, 1.165) is 29.7 Å². The first-order valence-corrected chi connectivity index (χ1v) is 15.3. The summed E-state index contributed by atoms with van der Waals surface area (Å²) in [5.41, 5.74) is 4.02. The highest BCUT2D eigenvalue weighted by molar-refractivity contribution is 8.00. The molecular formula is C33H31N3O4S2. The molecule has 0 radical (unpaired) electrons. The number of hydrogen-bond acceptors (Lipinski definition) is 7. The van der Waals surface area contributed by atoms with E-state index >= 15 is 0 Å². The van der Waals surface area contributed by atoms with Gasteiger partial charge in [-0.3, -0.25) is 9.59 Å². The van der Waals surface area contributed by atoms with Gasteiger partial charge in [0, 0.05) is 21.0 Å². The van der Waals surface area contributed by atoms with Crippen molar-refractivity contribution in [3.8, 4) is 17.6 Å². The second kappa shape index (κ2) is 13.1. The fraction of sp³-hybridized carbons (Fsp3) is 0.242. The lowest BCUT2D eigenvalue weighted by molar-refractivity contribution is -0.115. The van der Waals surface area contributed by atoms with E-state index in [-0.39, 0.29) is 11.8 Å². The molecule has 2 N–H and O–H groups in total. The second-order valence-corrected chi connectivity index (χ2v) is 12.5. The van der Waals surface area contributed by atoms with Gasteiger partial charge < -0.3 is 20.1 Å². The monoisotopic (exact) mass is 597 g/mol. The molecular weight excluding hydrogens is 567 g/mol. The maximum atomic E-state index is 13.2. The number of amides is 2. The summed E-state index contributed by atoms with van der Waals surface area (Å²) < 4.78 is 10.5. The van der Waals surface area contributed by atoms with E-state index in [4.69, 9.17) is 9.47 Å². The number of fused-ring (bicyclic) bond motifs is 1. The van der Waals surface area contributed by atoms with Crippen molar-refractivity contribution < 1.29 is 19.1 Å². The molecule has 0 saturated carbocycles. The fourth-order valence-corrected chi connectivity index (χ4v) is 7.31. The fourth-order valence-electron chi connectivity index (χ4n) is 5.10. The van der Waals surface area contributed by atoms with Gasteiger partial charge in [0.2, 0.25) is 5.91 Å². The Balaban J connectivity index is 1.23. The number of thioether (sulfide) groups is 1. The van der Waals surface area contributed by atoms with Crippen LogP contribution in [0.5, 0.6) is 11.5 Å². The summed E-state index contributed by atoms with van der Waals surface area (Å²) in [6.07, 6.45) is 2.69. The maximum Gasteiger partial charge on any atom is 0.255 e. The first-order chi connectivity index (χ1) is 20.4. The third-order valence-corrected chi connectivity index (χ3v) is 9.57. The average Bonchev–Trinajstić information content (AvgIpc) is 3.37. The van der Waals surface area contributed by atoms with Gasteiger partial charge in [-0.05, 0) is 79.6 Å². The molecule has 2 amide bonds. The third-order valence-electron chi connectivity index (χ3n) is 7.30. The Labute approximate surface area is 253 Å². The molecule has 0 aliphatic heterocycles. The van der Waals surface area contributed by atoms with Crippen molar-refractivity contribution in [3.63, 3.8) is 0 Å². The molecule has 7 nitrogen and oxygen atoms in total. The highest BCUT2D eigenvalue weighted by Crippen LogP contribution is 2.42. The number of thiophene rings is 1. The molecule has 0 bridgehead atoms. The van der Waals surface area contributed by atoms with Crippen LogP contribution in [0.1, 0.15) is 51.2 Å². The summed E-state index contributed by atoms with van der Waals surface area (Å²) >= 11 is 2.91. The van der Waals surface area contributed by atoms with Crippen molar-refractivity contribution in [3.05, 3.63) is 99.9 Å². The van der Waals surface area contributed by atoms with Crippen molar-refractivity contribution in [2.24, 2.45) is 0 Å². The van der Waals surface area contributed by atoms with E-state index < -0.39 is 5.25 Å². The maximum absolute atomic E-state index is 13.2. The molecule has 214 valence electrons. The van der Waals surface area contributed by atoms with E-state index in [9.17, 15) is 14.9 Å². The van der Waals surface area contributed by atoms with Gasteiger partial charge in [-0.25, -0.2) is 0 Å². The van der Waals surface area contributed by atoms with Gasteiger partial charge in [0.05, 0.1) is 25.0 Å². The Morgan fingerprint density at radius 1 is 1.00 bits per heavy atom. The van der Waals surface area contributed by atoms with Crippen LogP contribution in [0.25, 0.3) is 0 Å². The van der Waals surface area contributed by atoms with Crippen LogP contribution in [0.2, 0.25) is 0 Å². The number of methoxy groups -OCH3 is 2. The number of nitrogens with one attached hydrogen (secondary N) is 2. The predicted molar refractivity (Wildman–Crippen MR) is 168 cm³/mol. The molecule has 42 heavy (non-hydrogen) atoms. The molecule has 2 unspecified atom stereocenters. The van der Waals surface area contributed by atoms with Gasteiger partial charge in [-0.2, -0.15) is 5.26 Å². The number of carbonyl (C=O) groups is 2. The SMILES string of the molecule is COc1ccc(C(=O)Nc2cccc(SC(C)C(=O)Nc3sc4c(c3C#N)CCC(c3ccccc3)C4)c2)cc1OC. The lowest BCUT2D eigenvalue weighted by atomic mass is 9.83. The van der Waals surface area contributed by atoms with E-state index in [0.29, 0.717) is 39.2 Å². The van der Waals surface area contributed by atoms with Gasteiger partial charge >= 0.3 is 0 Å². The zero-order chi connectivity index (χ0) is 29.6. The highest BCUT2D eigenvalue weighted by atomic mass is 32.2. The largest absolute Gasteiger partial charge is 0.493 e. The molecule has 2 atom stereocenters. The second-order valence-electron chi connectivity index (χ2n) is 9.97. The molecule has 5 rings (SSSR count). The number of rotatable bonds is 9. The molecule has 0 saturated heterocycles. The summed E-state index contributed by atoms with van der Waals surface area (Å²) in [6, 6.07) is 25.1. The number of hydrogen-bond donors (Lipinski definition) is 2. The lowest BCUT2D eigenvalue weighted by Crippen LogP contribution is -2.22. The van der Waals surface area contributed by atoms with Gasteiger partial charge in [0.1, 0.15) is 11.1 Å². The first-order valence-electron chi connectivity index (χ1n) is 13.6. The van der Waals surface area contributed by atoms with Crippen LogP contribution in [0.4, 0.5) is 10.7 Å². The zero-order valence-electron chi connectivity index (χ0n) is 23.6. The third kappa shape index (κ3) is 6.46. The Hall–Kier alpha value is -4.26. The van der Waals surface area contributed by atoms with E-state index in [1.807, 2.05) is 31.2 Å². The van der Waals surface area contributed by atoms with Gasteiger partial charge in [-0.1, -0.05) is 36.4 Å². The van der Waals surface area contributed by atoms with Crippen LogP contribution in [-0.4, -0.2) is 31.3 Å². The topological polar surface area (TPSA) is 100 Å². The van der Waals surface area contributed by atoms with Crippen molar-refractivity contribution >= 4 is 45.6 Å². The minimum absolute atomic E-state index is 0.172. The Morgan fingerprint density at radius 3 is 2.52 bits per heavy atom. The van der Waals surface area contributed by atoms with Gasteiger partial charge in [0.25, 0.3) is 5.91 Å². The molecule has 4 aromatic rings.